The Labute approximate surface area is 113 Å². The van der Waals surface area contributed by atoms with Gasteiger partial charge >= 0.3 is 0 Å². The second-order valence-electron chi connectivity index (χ2n) is 4.93. The van der Waals surface area contributed by atoms with Crippen LogP contribution in [0.2, 0.25) is 0 Å². The third kappa shape index (κ3) is 2.03. The van der Waals surface area contributed by atoms with E-state index in [1.807, 2.05) is 24.3 Å². The summed E-state index contributed by atoms with van der Waals surface area (Å²) in [6.07, 6.45) is 4.52. The maximum absolute atomic E-state index is 12.0. The Hall–Kier alpha value is -2.09. The van der Waals surface area contributed by atoms with Crippen molar-refractivity contribution in [2.24, 2.45) is 0 Å². The predicted octanol–water partition coefficient (Wildman–Crippen LogP) is 3.86. The summed E-state index contributed by atoms with van der Waals surface area (Å²) in [6, 6.07) is 12.3. The zero-order valence-corrected chi connectivity index (χ0v) is 10.9. The van der Waals surface area contributed by atoms with E-state index in [4.69, 9.17) is 0 Å². The summed E-state index contributed by atoms with van der Waals surface area (Å²) in [7, 11) is 0. The van der Waals surface area contributed by atoms with Crippen molar-refractivity contribution in [1.82, 2.24) is 4.57 Å². The third-order valence-electron chi connectivity index (χ3n) is 3.71. The van der Waals surface area contributed by atoms with Gasteiger partial charge in [0.25, 0.3) is 0 Å². The van der Waals surface area contributed by atoms with E-state index in [0.717, 1.165) is 36.2 Å². The van der Waals surface area contributed by atoms with Gasteiger partial charge in [-0.05, 0) is 24.5 Å². The fourth-order valence-electron chi connectivity index (χ4n) is 2.84. The Balaban J connectivity index is 2.19. The lowest BCUT2D eigenvalue weighted by Gasteiger charge is -2.15. The molecular formula is C17H17NO. The highest BCUT2D eigenvalue weighted by atomic mass is 16.1. The molecule has 2 aromatic rings. The number of nitrogens with zero attached hydrogens (tertiary/aromatic N) is 1. The average Bonchev–Trinajstić information content (AvgIpc) is 2.81. The van der Waals surface area contributed by atoms with Gasteiger partial charge in [-0.25, -0.2) is 0 Å². The molecule has 3 rings (SSSR count). The van der Waals surface area contributed by atoms with Crippen LogP contribution in [0.15, 0.2) is 49.1 Å². The van der Waals surface area contributed by atoms with E-state index in [9.17, 15) is 4.79 Å². The molecule has 0 atom stereocenters. The molecule has 0 unspecified atom stereocenters. The Kier molecular flexibility index (Phi) is 3.08. The van der Waals surface area contributed by atoms with E-state index in [1.165, 1.54) is 5.69 Å². The lowest BCUT2D eigenvalue weighted by atomic mass is 9.96. The Morgan fingerprint density at radius 2 is 2.00 bits per heavy atom. The van der Waals surface area contributed by atoms with Gasteiger partial charge in [-0.3, -0.25) is 4.79 Å². The zero-order chi connectivity index (χ0) is 13.2. The van der Waals surface area contributed by atoms with Crippen molar-refractivity contribution in [3.05, 3.63) is 60.3 Å². The van der Waals surface area contributed by atoms with Crippen LogP contribution in [-0.2, 0) is 13.0 Å². The van der Waals surface area contributed by atoms with E-state index in [1.54, 1.807) is 0 Å². The Morgan fingerprint density at radius 3 is 2.74 bits per heavy atom. The van der Waals surface area contributed by atoms with Gasteiger partial charge in [-0.2, -0.15) is 0 Å². The summed E-state index contributed by atoms with van der Waals surface area (Å²) in [5.41, 5.74) is 4.37. The van der Waals surface area contributed by atoms with Gasteiger partial charge in [0.15, 0.2) is 5.78 Å². The molecule has 1 aromatic heterocycles. The molecule has 0 spiro atoms. The molecule has 1 aliphatic carbocycles. The van der Waals surface area contributed by atoms with Crippen LogP contribution >= 0.6 is 0 Å². The molecule has 1 aliphatic rings. The largest absolute Gasteiger partial charge is 0.340 e. The highest BCUT2D eigenvalue weighted by Gasteiger charge is 2.23. The molecule has 0 bridgehead atoms. The molecule has 2 heteroatoms. The minimum absolute atomic E-state index is 0.279. The summed E-state index contributed by atoms with van der Waals surface area (Å²) < 4.78 is 2.23. The number of carbonyl (C=O) groups excluding carboxylic acids is 1. The van der Waals surface area contributed by atoms with Gasteiger partial charge in [0.05, 0.1) is 0 Å². The molecule has 0 saturated heterocycles. The number of carbonyl (C=O) groups is 1. The topological polar surface area (TPSA) is 22.0 Å². The number of rotatable bonds is 3. The maximum atomic E-state index is 12.0. The van der Waals surface area contributed by atoms with Gasteiger partial charge in [0.2, 0.25) is 0 Å². The maximum Gasteiger partial charge on any atom is 0.164 e. The predicted molar refractivity (Wildman–Crippen MR) is 77.3 cm³/mol. The first-order valence-electron chi connectivity index (χ1n) is 6.73. The average molecular weight is 251 g/mol. The number of hydrogen-bond donors (Lipinski definition) is 0. The Morgan fingerprint density at radius 1 is 1.21 bits per heavy atom. The Bertz CT molecular complexity index is 622. The van der Waals surface area contributed by atoms with Crippen LogP contribution in [0.1, 0.15) is 28.9 Å². The summed E-state index contributed by atoms with van der Waals surface area (Å²) >= 11 is 0. The third-order valence-corrected chi connectivity index (χ3v) is 3.71. The standard InChI is InChI=1S/C17H17NO/c1-2-11-18-15-9-6-10-17(19)14(15)12-16(18)13-7-4-3-5-8-13/h2-5,7-8,12H,1,6,9-11H2. The number of benzene rings is 1. The number of hydrogen-bond acceptors (Lipinski definition) is 1. The summed E-state index contributed by atoms with van der Waals surface area (Å²) in [6.45, 7) is 4.59. The number of allylic oxidation sites excluding steroid dienone is 1. The van der Waals surface area contributed by atoms with E-state index >= 15 is 0 Å². The van der Waals surface area contributed by atoms with Crippen molar-refractivity contribution in [2.45, 2.75) is 25.8 Å². The zero-order valence-electron chi connectivity index (χ0n) is 10.9. The SMILES string of the molecule is C=CCn1c(-c2ccccc2)cc2c1CCCC2=O. The van der Waals surface area contributed by atoms with Crippen molar-refractivity contribution in [2.75, 3.05) is 0 Å². The first-order chi connectivity index (χ1) is 9.31. The molecule has 0 aliphatic heterocycles. The number of fused-ring (bicyclic) bond motifs is 1. The van der Waals surface area contributed by atoms with Crippen LogP contribution in [0.25, 0.3) is 11.3 Å². The molecule has 2 nitrogen and oxygen atoms in total. The van der Waals surface area contributed by atoms with Gasteiger partial charge < -0.3 is 4.57 Å². The normalized spacial score (nSPS) is 14.2. The first kappa shape index (κ1) is 12.0. The van der Waals surface area contributed by atoms with E-state index in [0.29, 0.717) is 6.42 Å². The highest BCUT2D eigenvalue weighted by Crippen LogP contribution is 2.31. The minimum Gasteiger partial charge on any atom is -0.340 e. The molecule has 1 heterocycles. The van der Waals surface area contributed by atoms with Crippen LogP contribution in [-0.4, -0.2) is 10.4 Å². The van der Waals surface area contributed by atoms with Gasteiger partial charge in [-0.15, -0.1) is 6.58 Å². The second-order valence-corrected chi connectivity index (χ2v) is 4.93. The van der Waals surface area contributed by atoms with Crippen LogP contribution in [0.4, 0.5) is 0 Å². The number of Topliss-reactive ketones (excluding diaryl/α,β-unsaturated/α-hetero) is 1. The summed E-state index contributed by atoms with van der Waals surface area (Å²) in [5.74, 6) is 0.279. The van der Waals surface area contributed by atoms with Gasteiger partial charge in [-0.1, -0.05) is 36.4 Å². The summed E-state index contributed by atoms with van der Waals surface area (Å²) in [5, 5.41) is 0. The molecule has 0 radical (unpaired) electrons. The molecule has 1 aromatic carbocycles. The molecular weight excluding hydrogens is 234 g/mol. The van der Waals surface area contributed by atoms with Crippen LogP contribution < -0.4 is 0 Å². The number of aromatic nitrogens is 1. The van der Waals surface area contributed by atoms with Crippen molar-refractivity contribution in [3.8, 4) is 11.3 Å². The molecule has 19 heavy (non-hydrogen) atoms. The van der Waals surface area contributed by atoms with E-state index < -0.39 is 0 Å². The number of ketones is 1. The monoisotopic (exact) mass is 251 g/mol. The van der Waals surface area contributed by atoms with Gasteiger partial charge in [0, 0.05) is 29.9 Å². The highest BCUT2D eigenvalue weighted by molar-refractivity contribution is 5.99. The van der Waals surface area contributed by atoms with Gasteiger partial charge in [0.1, 0.15) is 0 Å². The van der Waals surface area contributed by atoms with Crippen LogP contribution in [0.3, 0.4) is 0 Å². The van der Waals surface area contributed by atoms with E-state index in [2.05, 4.69) is 29.3 Å². The smallest absolute Gasteiger partial charge is 0.164 e. The molecule has 0 saturated carbocycles. The lowest BCUT2D eigenvalue weighted by molar-refractivity contribution is 0.0972. The molecule has 0 amide bonds. The quantitative estimate of drug-likeness (QED) is 0.759. The fraction of sp³-hybridized carbons (Fsp3) is 0.235. The van der Waals surface area contributed by atoms with Crippen LogP contribution in [0, 0.1) is 0 Å². The first-order valence-corrected chi connectivity index (χ1v) is 6.73. The molecule has 0 fully saturated rings. The van der Waals surface area contributed by atoms with Crippen molar-refractivity contribution in [3.63, 3.8) is 0 Å². The second kappa shape index (κ2) is 4.88. The van der Waals surface area contributed by atoms with Crippen LogP contribution in [0.5, 0.6) is 0 Å². The lowest BCUT2D eigenvalue weighted by Crippen LogP contribution is -2.13. The summed E-state index contributed by atoms with van der Waals surface area (Å²) in [4.78, 5) is 12.0. The molecule has 96 valence electrons. The van der Waals surface area contributed by atoms with Crippen molar-refractivity contribution >= 4 is 5.78 Å². The van der Waals surface area contributed by atoms with E-state index in [-0.39, 0.29) is 5.78 Å². The molecule has 0 N–H and O–H groups in total. The minimum atomic E-state index is 0.279. The van der Waals surface area contributed by atoms with Crippen molar-refractivity contribution in [1.29, 1.82) is 0 Å². The van der Waals surface area contributed by atoms with Crippen molar-refractivity contribution < 1.29 is 4.79 Å². The fourth-order valence-corrected chi connectivity index (χ4v) is 2.84.